The molecule has 2 aromatic carbocycles. The Morgan fingerprint density at radius 3 is 2.71 bits per heavy atom. The van der Waals surface area contributed by atoms with Gasteiger partial charge in [-0.05, 0) is 36.8 Å². The number of carbonyl (C=O) groups is 1. The molecule has 2 aromatic rings. The number of ether oxygens (including phenoxy) is 1. The first kappa shape index (κ1) is 17.4. The molecule has 24 heavy (non-hydrogen) atoms. The highest BCUT2D eigenvalue weighted by atomic mass is 35.5. The van der Waals surface area contributed by atoms with E-state index in [0.29, 0.717) is 22.1 Å². The predicted molar refractivity (Wildman–Crippen MR) is 95.1 cm³/mol. The minimum atomic E-state index is -0.535. The van der Waals surface area contributed by atoms with Gasteiger partial charge < -0.3 is 15.4 Å². The lowest BCUT2D eigenvalue weighted by atomic mass is 10.2. The van der Waals surface area contributed by atoms with Crippen LogP contribution in [0, 0.1) is 18.3 Å². The fourth-order valence-corrected chi connectivity index (χ4v) is 2.10. The van der Waals surface area contributed by atoms with Crippen LogP contribution in [0.1, 0.15) is 5.56 Å². The second-order valence-corrected chi connectivity index (χ2v) is 5.34. The van der Waals surface area contributed by atoms with Gasteiger partial charge in [0.15, 0.2) is 0 Å². The number of carbonyl (C=O) groups excluding carboxylic acids is 1. The average Bonchev–Trinajstić information content (AvgIpc) is 2.59. The SMILES string of the molecule is COc1ccccc1NC(=O)/C(C#N)=C\Nc1ccc(C)c(Cl)c1. The molecule has 0 fully saturated rings. The van der Waals surface area contributed by atoms with Crippen molar-refractivity contribution in [3.05, 3.63) is 64.8 Å². The van der Waals surface area contributed by atoms with E-state index in [4.69, 9.17) is 16.3 Å². The van der Waals surface area contributed by atoms with Crippen molar-refractivity contribution in [3.8, 4) is 11.8 Å². The molecule has 0 aliphatic rings. The molecule has 0 heterocycles. The van der Waals surface area contributed by atoms with Gasteiger partial charge in [-0.1, -0.05) is 29.8 Å². The molecule has 0 saturated carbocycles. The molecule has 0 saturated heterocycles. The molecule has 1 amide bonds. The highest BCUT2D eigenvalue weighted by molar-refractivity contribution is 6.31. The van der Waals surface area contributed by atoms with Crippen LogP contribution in [0.3, 0.4) is 0 Å². The normalized spacial score (nSPS) is 10.7. The van der Waals surface area contributed by atoms with Crippen LogP contribution in [-0.4, -0.2) is 13.0 Å². The van der Waals surface area contributed by atoms with Crippen LogP contribution in [-0.2, 0) is 4.79 Å². The summed E-state index contributed by atoms with van der Waals surface area (Å²) in [6.45, 7) is 1.89. The number of hydrogen-bond acceptors (Lipinski definition) is 4. The van der Waals surface area contributed by atoms with Crippen LogP contribution in [0.2, 0.25) is 5.02 Å². The number of hydrogen-bond donors (Lipinski definition) is 2. The summed E-state index contributed by atoms with van der Waals surface area (Å²) < 4.78 is 5.17. The van der Waals surface area contributed by atoms with E-state index >= 15 is 0 Å². The fraction of sp³-hybridized carbons (Fsp3) is 0.111. The Balaban J connectivity index is 2.13. The summed E-state index contributed by atoms with van der Waals surface area (Å²) in [5.74, 6) is -0.0193. The topological polar surface area (TPSA) is 74.1 Å². The molecule has 5 nitrogen and oxygen atoms in total. The molecule has 0 atom stereocenters. The Labute approximate surface area is 145 Å². The summed E-state index contributed by atoms with van der Waals surface area (Å²) in [6, 6.07) is 14.2. The fourth-order valence-electron chi connectivity index (χ4n) is 1.92. The van der Waals surface area contributed by atoms with E-state index in [2.05, 4.69) is 10.6 Å². The van der Waals surface area contributed by atoms with E-state index in [1.807, 2.05) is 25.1 Å². The van der Waals surface area contributed by atoms with Gasteiger partial charge in [0, 0.05) is 16.9 Å². The third-order valence-electron chi connectivity index (χ3n) is 3.28. The molecule has 0 aliphatic heterocycles. The van der Waals surface area contributed by atoms with Gasteiger partial charge in [0.25, 0.3) is 5.91 Å². The van der Waals surface area contributed by atoms with E-state index in [0.717, 1.165) is 5.56 Å². The zero-order valence-electron chi connectivity index (χ0n) is 13.3. The van der Waals surface area contributed by atoms with Crippen LogP contribution in [0.25, 0.3) is 0 Å². The summed E-state index contributed by atoms with van der Waals surface area (Å²) >= 11 is 6.05. The number of nitrogens with one attached hydrogen (secondary N) is 2. The Morgan fingerprint density at radius 2 is 2.04 bits per heavy atom. The van der Waals surface area contributed by atoms with Crippen molar-refractivity contribution in [1.29, 1.82) is 5.26 Å². The predicted octanol–water partition coefficient (Wildman–Crippen LogP) is 4.12. The maximum Gasteiger partial charge on any atom is 0.267 e. The average molecular weight is 342 g/mol. The minimum absolute atomic E-state index is 0.0717. The van der Waals surface area contributed by atoms with Gasteiger partial charge >= 0.3 is 0 Å². The van der Waals surface area contributed by atoms with Gasteiger partial charge in [0.05, 0.1) is 12.8 Å². The molecular weight excluding hydrogens is 326 g/mol. The molecule has 6 heteroatoms. The molecular formula is C18H16ClN3O2. The first-order valence-corrected chi connectivity index (χ1v) is 7.50. The third-order valence-corrected chi connectivity index (χ3v) is 3.68. The zero-order chi connectivity index (χ0) is 17.5. The third kappa shape index (κ3) is 4.28. The Kier molecular flexibility index (Phi) is 5.83. The van der Waals surface area contributed by atoms with E-state index < -0.39 is 5.91 Å². The number of methoxy groups -OCH3 is 1. The smallest absolute Gasteiger partial charge is 0.267 e. The van der Waals surface area contributed by atoms with Gasteiger partial charge in [-0.3, -0.25) is 4.79 Å². The van der Waals surface area contributed by atoms with E-state index in [9.17, 15) is 10.1 Å². The maximum absolute atomic E-state index is 12.2. The van der Waals surface area contributed by atoms with Gasteiger partial charge in [0.2, 0.25) is 0 Å². The largest absolute Gasteiger partial charge is 0.495 e. The van der Waals surface area contributed by atoms with Crippen molar-refractivity contribution in [2.45, 2.75) is 6.92 Å². The number of nitrogens with zero attached hydrogens (tertiary/aromatic N) is 1. The van der Waals surface area contributed by atoms with Crippen molar-refractivity contribution in [2.24, 2.45) is 0 Å². The van der Waals surface area contributed by atoms with E-state index in [1.165, 1.54) is 13.3 Å². The summed E-state index contributed by atoms with van der Waals surface area (Å²) in [7, 11) is 1.51. The molecule has 0 unspecified atom stereocenters. The molecule has 0 aliphatic carbocycles. The van der Waals surface area contributed by atoms with E-state index in [-0.39, 0.29) is 5.57 Å². The standard InChI is InChI=1S/C18H16ClN3O2/c1-12-7-8-14(9-15(12)19)21-11-13(10-20)18(23)22-16-5-3-4-6-17(16)24-2/h3-9,11,21H,1-2H3,(H,22,23)/b13-11-. The number of rotatable bonds is 5. The number of anilines is 2. The Bertz CT molecular complexity index is 825. The Morgan fingerprint density at radius 1 is 1.29 bits per heavy atom. The zero-order valence-corrected chi connectivity index (χ0v) is 14.0. The molecule has 2 N–H and O–H groups in total. The van der Waals surface area contributed by atoms with Crippen molar-refractivity contribution in [1.82, 2.24) is 0 Å². The van der Waals surface area contributed by atoms with Crippen molar-refractivity contribution >= 4 is 28.9 Å². The van der Waals surface area contributed by atoms with Gasteiger partial charge in [-0.25, -0.2) is 0 Å². The lowest BCUT2D eigenvalue weighted by Gasteiger charge is -2.09. The number of halogens is 1. The number of aryl methyl sites for hydroxylation is 1. The van der Waals surface area contributed by atoms with Crippen LogP contribution in [0.15, 0.2) is 54.2 Å². The summed E-state index contributed by atoms with van der Waals surface area (Å²) in [4.78, 5) is 12.2. The maximum atomic E-state index is 12.2. The second kappa shape index (κ2) is 8.04. The highest BCUT2D eigenvalue weighted by Gasteiger charge is 2.12. The summed E-state index contributed by atoms with van der Waals surface area (Å²) in [6.07, 6.45) is 1.34. The van der Waals surface area contributed by atoms with Crippen LogP contribution in [0.4, 0.5) is 11.4 Å². The first-order chi connectivity index (χ1) is 11.5. The summed E-state index contributed by atoms with van der Waals surface area (Å²) in [5, 5.41) is 15.3. The molecule has 0 radical (unpaired) electrons. The van der Waals surface area contributed by atoms with Crippen molar-refractivity contribution in [3.63, 3.8) is 0 Å². The lowest BCUT2D eigenvalue weighted by Crippen LogP contribution is -2.15. The quantitative estimate of drug-likeness (QED) is 0.634. The van der Waals surface area contributed by atoms with Crippen LogP contribution < -0.4 is 15.4 Å². The van der Waals surface area contributed by atoms with Gasteiger partial charge in [-0.15, -0.1) is 0 Å². The van der Waals surface area contributed by atoms with Gasteiger partial charge in [0.1, 0.15) is 17.4 Å². The molecule has 0 aromatic heterocycles. The molecule has 122 valence electrons. The lowest BCUT2D eigenvalue weighted by molar-refractivity contribution is -0.112. The van der Waals surface area contributed by atoms with Crippen LogP contribution >= 0.6 is 11.6 Å². The van der Waals surface area contributed by atoms with Crippen molar-refractivity contribution < 1.29 is 9.53 Å². The minimum Gasteiger partial charge on any atom is -0.495 e. The van der Waals surface area contributed by atoms with E-state index in [1.54, 1.807) is 30.3 Å². The monoisotopic (exact) mass is 341 g/mol. The highest BCUT2D eigenvalue weighted by Crippen LogP contribution is 2.24. The number of nitriles is 1. The van der Waals surface area contributed by atoms with Crippen LogP contribution in [0.5, 0.6) is 5.75 Å². The number of amides is 1. The van der Waals surface area contributed by atoms with Gasteiger partial charge in [-0.2, -0.15) is 5.26 Å². The summed E-state index contributed by atoms with van der Waals surface area (Å²) in [5.41, 5.74) is 2.05. The number of para-hydroxylation sites is 2. The molecule has 2 rings (SSSR count). The molecule has 0 bridgehead atoms. The number of benzene rings is 2. The van der Waals surface area contributed by atoms with Crippen molar-refractivity contribution in [2.75, 3.05) is 17.7 Å². The Hall–Kier alpha value is -2.97. The second-order valence-electron chi connectivity index (χ2n) is 4.93. The first-order valence-electron chi connectivity index (χ1n) is 7.12. The molecule has 0 spiro atoms.